The summed E-state index contributed by atoms with van der Waals surface area (Å²) in [6.07, 6.45) is 5.76. The highest BCUT2D eigenvalue weighted by molar-refractivity contribution is 6.00. The fraction of sp³-hybridized carbons (Fsp3) is 0.400. The van der Waals surface area contributed by atoms with E-state index < -0.39 is 0 Å². The SMILES string of the molecule is CCC1CCCCN1C(=O)Cc1ccc(C=O)c2ccccc12. The van der Waals surface area contributed by atoms with Crippen LogP contribution in [0.3, 0.4) is 0 Å². The third-order valence-corrected chi connectivity index (χ3v) is 4.94. The van der Waals surface area contributed by atoms with E-state index in [-0.39, 0.29) is 5.91 Å². The summed E-state index contributed by atoms with van der Waals surface area (Å²) in [4.78, 5) is 26.1. The first-order chi connectivity index (χ1) is 11.2. The number of benzene rings is 2. The highest BCUT2D eigenvalue weighted by Crippen LogP contribution is 2.25. The first kappa shape index (κ1) is 15.7. The van der Waals surface area contributed by atoms with Gasteiger partial charge in [-0.1, -0.05) is 43.3 Å². The van der Waals surface area contributed by atoms with Crippen LogP contribution >= 0.6 is 0 Å². The molecule has 1 saturated heterocycles. The second kappa shape index (κ2) is 6.95. The second-order valence-corrected chi connectivity index (χ2v) is 6.30. The van der Waals surface area contributed by atoms with Gasteiger partial charge in [0.25, 0.3) is 0 Å². The number of rotatable bonds is 4. The lowest BCUT2D eigenvalue weighted by molar-refractivity contribution is -0.134. The molecule has 1 heterocycles. The number of carbonyl (C=O) groups excluding carboxylic acids is 2. The van der Waals surface area contributed by atoms with Gasteiger partial charge in [0.05, 0.1) is 6.42 Å². The van der Waals surface area contributed by atoms with Crippen LogP contribution < -0.4 is 0 Å². The van der Waals surface area contributed by atoms with Crippen LogP contribution in [0.1, 0.15) is 48.5 Å². The van der Waals surface area contributed by atoms with Crippen LogP contribution in [0.25, 0.3) is 10.8 Å². The van der Waals surface area contributed by atoms with Gasteiger partial charge in [0.2, 0.25) is 5.91 Å². The molecule has 120 valence electrons. The molecule has 23 heavy (non-hydrogen) atoms. The van der Waals surface area contributed by atoms with E-state index >= 15 is 0 Å². The van der Waals surface area contributed by atoms with E-state index in [1.165, 1.54) is 6.42 Å². The van der Waals surface area contributed by atoms with Crippen LogP contribution in [-0.2, 0) is 11.2 Å². The molecule has 3 rings (SSSR count). The lowest BCUT2D eigenvalue weighted by atomic mass is 9.96. The number of amides is 1. The number of nitrogens with zero attached hydrogens (tertiary/aromatic N) is 1. The minimum Gasteiger partial charge on any atom is -0.339 e. The van der Waals surface area contributed by atoms with Gasteiger partial charge in [0.1, 0.15) is 0 Å². The molecule has 0 aromatic heterocycles. The molecule has 0 N–H and O–H groups in total. The first-order valence-electron chi connectivity index (χ1n) is 8.50. The second-order valence-electron chi connectivity index (χ2n) is 6.30. The molecule has 0 aliphatic carbocycles. The van der Waals surface area contributed by atoms with Gasteiger partial charge < -0.3 is 4.90 Å². The fourth-order valence-corrected chi connectivity index (χ4v) is 3.66. The molecular formula is C20H23NO2. The average Bonchev–Trinajstić information content (AvgIpc) is 2.62. The summed E-state index contributed by atoms with van der Waals surface area (Å²) in [6.45, 7) is 3.03. The Balaban J connectivity index is 1.89. The Morgan fingerprint density at radius 2 is 1.96 bits per heavy atom. The monoisotopic (exact) mass is 309 g/mol. The lowest BCUT2D eigenvalue weighted by Crippen LogP contribution is -2.44. The summed E-state index contributed by atoms with van der Waals surface area (Å²) in [5.41, 5.74) is 1.69. The van der Waals surface area contributed by atoms with Crippen molar-refractivity contribution in [3.63, 3.8) is 0 Å². The molecule has 1 aliphatic heterocycles. The van der Waals surface area contributed by atoms with Crippen molar-refractivity contribution >= 4 is 23.0 Å². The Labute approximate surface area is 137 Å². The van der Waals surface area contributed by atoms with E-state index in [4.69, 9.17) is 0 Å². The Morgan fingerprint density at radius 1 is 1.17 bits per heavy atom. The molecule has 2 aromatic rings. The first-order valence-corrected chi connectivity index (χ1v) is 8.50. The predicted molar refractivity (Wildman–Crippen MR) is 92.7 cm³/mol. The summed E-state index contributed by atoms with van der Waals surface area (Å²) in [5, 5.41) is 1.94. The number of carbonyl (C=O) groups is 2. The van der Waals surface area contributed by atoms with E-state index in [1.54, 1.807) is 0 Å². The molecule has 1 unspecified atom stereocenters. The normalized spacial score (nSPS) is 18.1. The molecule has 1 aliphatic rings. The largest absolute Gasteiger partial charge is 0.339 e. The molecule has 0 saturated carbocycles. The van der Waals surface area contributed by atoms with E-state index in [1.807, 2.05) is 36.4 Å². The van der Waals surface area contributed by atoms with Gasteiger partial charge in [0, 0.05) is 18.2 Å². The minimum atomic E-state index is 0.209. The van der Waals surface area contributed by atoms with Crippen LogP contribution in [0.15, 0.2) is 36.4 Å². The van der Waals surface area contributed by atoms with Crippen molar-refractivity contribution in [2.45, 2.75) is 45.1 Å². The predicted octanol–water partition coefficient (Wildman–Crippen LogP) is 3.99. The molecular weight excluding hydrogens is 286 g/mol. The van der Waals surface area contributed by atoms with Gasteiger partial charge >= 0.3 is 0 Å². The van der Waals surface area contributed by atoms with Crippen molar-refractivity contribution in [2.24, 2.45) is 0 Å². The Morgan fingerprint density at radius 3 is 2.70 bits per heavy atom. The molecule has 0 radical (unpaired) electrons. The minimum absolute atomic E-state index is 0.209. The van der Waals surface area contributed by atoms with E-state index in [2.05, 4.69) is 11.8 Å². The Kier molecular flexibility index (Phi) is 4.75. The average molecular weight is 309 g/mol. The van der Waals surface area contributed by atoms with Crippen LogP contribution in [-0.4, -0.2) is 29.7 Å². The quantitative estimate of drug-likeness (QED) is 0.801. The van der Waals surface area contributed by atoms with Gasteiger partial charge in [-0.2, -0.15) is 0 Å². The molecule has 3 heteroatoms. The van der Waals surface area contributed by atoms with Crippen LogP contribution in [0.2, 0.25) is 0 Å². The van der Waals surface area contributed by atoms with E-state index in [0.717, 1.165) is 48.4 Å². The van der Waals surface area contributed by atoms with Crippen molar-refractivity contribution in [3.8, 4) is 0 Å². The smallest absolute Gasteiger partial charge is 0.227 e. The van der Waals surface area contributed by atoms with Gasteiger partial charge in [-0.15, -0.1) is 0 Å². The standard InChI is InChI=1S/C20H23NO2/c1-2-17-7-5-6-12-21(17)20(23)13-15-10-11-16(14-22)19-9-4-3-8-18(15)19/h3-4,8-11,14,17H,2,5-7,12-13H2,1H3. The highest BCUT2D eigenvalue weighted by Gasteiger charge is 2.25. The van der Waals surface area contributed by atoms with Crippen molar-refractivity contribution in [2.75, 3.05) is 6.54 Å². The summed E-state index contributed by atoms with van der Waals surface area (Å²) < 4.78 is 0. The van der Waals surface area contributed by atoms with Crippen LogP contribution in [0.5, 0.6) is 0 Å². The number of hydrogen-bond acceptors (Lipinski definition) is 2. The van der Waals surface area contributed by atoms with Gasteiger partial charge in [0.15, 0.2) is 6.29 Å². The van der Waals surface area contributed by atoms with Crippen LogP contribution in [0.4, 0.5) is 0 Å². The lowest BCUT2D eigenvalue weighted by Gasteiger charge is -2.35. The zero-order chi connectivity index (χ0) is 16.2. The van der Waals surface area contributed by atoms with E-state index in [0.29, 0.717) is 18.0 Å². The maximum absolute atomic E-state index is 12.8. The van der Waals surface area contributed by atoms with Gasteiger partial charge in [-0.3, -0.25) is 9.59 Å². The number of piperidine rings is 1. The molecule has 1 atom stereocenters. The molecule has 3 nitrogen and oxygen atoms in total. The summed E-state index contributed by atoms with van der Waals surface area (Å²) >= 11 is 0. The zero-order valence-electron chi connectivity index (χ0n) is 13.6. The highest BCUT2D eigenvalue weighted by atomic mass is 16.2. The van der Waals surface area contributed by atoms with E-state index in [9.17, 15) is 9.59 Å². The van der Waals surface area contributed by atoms with Crippen molar-refractivity contribution in [1.29, 1.82) is 0 Å². The Hall–Kier alpha value is -2.16. The number of fused-ring (bicyclic) bond motifs is 1. The Bertz CT molecular complexity index is 723. The topological polar surface area (TPSA) is 37.4 Å². The summed E-state index contributed by atoms with van der Waals surface area (Å²) in [5.74, 6) is 0.209. The molecule has 2 aromatic carbocycles. The molecule has 1 amide bonds. The zero-order valence-corrected chi connectivity index (χ0v) is 13.6. The van der Waals surface area contributed by atoms with Gasteiger partial charge in [-0.05, 0) is 42.0 Å². The van der Waals surface area contributed by atoms with Gasteiger partial charge in [-0.25, -0.2) is 0 Å². The molecule has 0 spiro atoms. The third kappa shape index (κ3) is 3.14. The van der Waals surface area contributed by atoms with Crippen molar-refractivity contribution in [1.82, 2.24) is 4.90 Å². The third-order valence-electron chi connectivity index (χ3n) is 4.94. The molecule has 0 bridgehead atoms. The maximum atomic E-state index is 12.8. The maximum Gasteiger partial charge on any atom is 0.227 e. The fourth-order valence-electron chi connectivity index (χ4n) is 3.66. The number of likely N-dealkylation sites (tertiary alicyclic amines) is 1. The van der Waals surface area contributed by atoms with Crippen molar-refractivity contribution in [3.05, 3.63) is 47.5 Å². The number of hydrogen-bond donors (Lipinski definition) is 0. The summed E-state index contributed by atoms with van der Waals surface area (Å²) in [7, 11) is 0. The molecule has 1 fully saturated rings. The summed E-state index contributed by atoms with van der Waals surface area (Å²) in [6, 6.07) is 12.0. The van der Waals surface area contributed by atoms with Crippen molar-refractivity contribution < 1.29 is 9.59 Å². The number of aldehydes is 1. The van der Waals surface area contributed by atoms with Crippen LogP contribution in [0, 0.1) is 0 Å².